The van der Waals surface area contributed by atoms with Crippen molar-refractivity contribution in [3.8, 4) is 11.1 Å². The SMILES string of the molecule is CCNc1ncc(-c2ccccc2N2CCN(C(=O)Cn3nc(C)cc3C)CC2)cn1. The summed E-state index contributed by atoms with van der Waals surface area (Å²) in [4.78, 5) is 25.9. The van der Waals surface area contributed by atoms with Gasteiger partial charge < -0.3 is 15.1 Å². The molecule has 1 amide bonds. The molecule has 1 aliphatic rings. The Kier molecular flexibility index (Phi) is 6.16. The first-order chi connectivity index (χ1) is 15.0. The standard InChI is InChI=1S/C23H29N7O/c1-4-24-23-25-14-19(15-26-23)20-7-5-6-8-21(20)28-9-11-29(12-10-28)22(31)16-30-18(3)13-17(2)27-30/h5-8,13-15H,4,9-12,16H2,1-3H3,(H,24,25,26). The van der Waals surface area contributed by atoms with E-state index < -0.39 is 0 Å². The van der Waals surface area contributed by atoms with Crippen LogP contribution in [0.25, 0.3) is 11.1 Å². The first-order valence-electron chi connectivity index (χ1n) is 10.7. The van der Waals surface area contributed by atoms with E-state index in [1.54, 1.807) is 4.68 Å². The molecule has 1 aliphatic heterocycles. The molecule has 0 atom stereocenters. The van der Waals surface area contributed by atoms with Crippen LogP contribution in [0.3, 0.4) is 0 Å². The second-order valence-corrected chi connectivity index (χ2v) is 7.80. The summed E-state index contributed by atoms with van der Waals surface area (Å²) in [5, 5.41) is 7.54. The molecule has 0 unspecified atom stereocenters. The summed E-state index contributed by atoms with van der Waals surface area (Å²) in [6.07, 6.45) is 3.72. The van der Waals surface area contributed by atoms with Crippen LogP contribution in [0.1, 0.15) is 18.3 Å². The summed E-state index contributed by atoms with van der Waals surface area (Å²) in [6, 6.07) is 10.3. The van der Waals surface area contributed by atoms with Crippen molar-refractivity contribution < 1.29 is 4.79 Å². The fourth-order valence-electron chi connectivity index (χ4n) is 3.97. The van der Waals surface area contributed by atoms with Gasteiger partial charge in [0.05, 0.1) is 5.69 Å². The van der Waals surface area contributed by atoms with Gasteiger partial charge in [-0.1, -0.05) is 18.2 Å². The maximum atomic E-state index is 12.8. The van der Waals surface area contributed by atoms with Gasteiger partial charge in [0.15, 0.2) is 0 Å². The Morgan fingerprint density at radius 1 is 1.06 bits per heavy atom. The molecule has 162 valence electrons. The molecule has 3 heterocycles. The van der Waals surface area contributed by atoms with E-state index in [1.165, 1.54) is 0 Å². The highest BCUT2D eigenvalue weighted by Gasteiger charge is 2.23. The third-order valence-electron chi connectivity index (χ3n) is 5.56. The second kappa shape index (κ2) is 9.16. The Bertz CT molecular complexity index is 1040. The van der Waals surface area contributed by atoms with Gasteiger partial charge in [-0.3, -0.25) is 9.48 Å². The Hall–Kier alpha value is -3.42. The first-order valence-corrected chi connectivity index (χ1v) is 10.7. The van der Waals surface area contributed by atoms with Gasteiger partial charge in [-0.05, 0) is 32.9 Å². The largest absolute Gasteiger partial charge is 0.367 e. The summed E-state index contributed by atoms with van der Waals surface area (Å²) in [6.45, 7) is 10.0. The van der Waals surface area contributed by atoms with Crippen LogP contribution < -0.4 is 10.2 Å². The lowest BCUT2D eigenvalue weighted by atomic mass is 10.1. The number of aromatic nitrogens is 4. The highest BCUT2D eigenvalue weighted by Crippen LogP contribution is 2.31. The van der Waals surface area contributed by atoms with Gasteiger partial charge in [-0.2, -0.15) is 5.10 Å². The van der Waals surface area contributed by atoms with Gasteiger partial charge in [0.2, 0.25) is 11.9 Å². The predicted molar refractivity (Wildman–Crippen MR) is 122 cm³/mol. The Morgan fingerprint density at radius 2 is 1.77 bits per heavy atom. The number of nitrogens with zero attached hydrogens (tertiary/aromatic N) is 6. The molecule has 2 aromatic heterocycles. The smallest absolute Gasteiger partial charge is 0.244 e. The van der Waals surface area contributed by atoms with Crippen molar-refractivity contribution >= 4 is 17.5 Å². The molecule has 0 bridgehead atoms. The van der Waals surface area contributed by atoms with E-state index in [4.69, 9.17) is 0 Å². The van der Waals surface area contributed by atoms with Crippen LogP contribution in [0.15, 0.2) is 42.7 Å². The molecule has 1 fully saturated rings. The van der Waals surface area contributed by atoms with E-state index in [-0.39, 0.29) is 5.91 Å². The van der Waals surface area contributed by atoms with Gasteiger partial charge >= 0.3 is 0 Å². The monoisotopic (exact) mass is 419 g/mol. The maximum absolute atomic E-state index is 12.8. The Balaban J connectivity index is 1.43. The molecule has 0 aliphatic carbocycles. The number of benzene rings is 1. The zero-order chi connectivity index (χ0) is 21.8. The van der Waals surface area contributed by atoms with E-state index >= 15 is 0 Å². The number of carbonyl (C=O) groups excluding carboxylic acids is 1. The summed E-state index contributed by atoms with van der Waals surface area (Å²) in [5.74, 6) is 0.755. The maximum Gasteiger partial charge on any atom is 0.244 e. The Labute approximate surface area is 182 Å². The van der Waals surface area contributed by atoms with Crippen LogP contribution >= 0.6 is 0 Å². The normalized spacial score (nSPS) is 14.0. The number of anilines is 2. The van der Waals surface area contributed by atoms with Crippen molar-refractivity contribution in [2.24, 2.45) is 0 Å². The van der Waals surface area contributed by atoms with Crippen LogP contribution in [0, 0.1) is 13.8 Å². The van der Waals surface area contributed by atoms with Crippen molar-refractivity contribution in [2.75, 3.05) is 42.9 Å². The van der Waals surface area contributed by atoms with Crippen molar-refractivity contribution in [3.63, 3.8) is 0 Å². The van der Waals surface area contributed by atoms with E-state index in [9.17, 15) is 4.79 Å². The van der Waals surface area contributed by atoms with Crippen LogP contribution in [-0.4, -0.2) is 63.3 Å². The quantitative estimate of drug-likeness (QED) is 0.662. The average Bonchev–Trinajstić information content (AvgIpc) is 3.11. The van der Waals surface area contributed by atoms with E-state index in [0.717, 1.165) is 47.8 Å². The van der Waals surface area contributed by atoms with Gasteiger partial charge in [0.1, 0.15) is 6.54 Å². The summed E-state index contributed by atoms with van der Waals surface area (Å²) in [7, 11) is 0. The number of para-hydroxylation sites is 1. The van der Waals surface area contributed by atoms with Crippen LogP contribution in [0.4, 0.5) is 11.6 Å². The molecule has 4 rings (SSSR count). The topological polar surface area (TPSA) is 79.2 Å². The number of aryl methyl sites for hydroxylation is 2. The molecule has 1 aromatic carbocycles. The number of hydrogen-bond donors (Lipinski definition) is 1. The molecule has 0 radical (unpaired) electrons. The number of hydrogen-bond acceptors (Lipinski definition) is 6. The minimum atomic E-state index is 0.117. The van der Waals surface area contributed by atoms with Gasteiger partial charge in [-0.15, -0.1) is 0 Å². The molecule has 8 heteroatoms. The number of nitrogens with one attached hydrogen (secondary N) is 1. The molecule has 0 saturated carbocycles. The van der Waals surface area contributed by atoms with Crippen molar-refractivity contribution in [1.82, 2.24) is 24.6 Å². The third-order valence-corrected chi connectivity index (χ3v) is 5.56. The highest BCUT2D eigenvalue weighted by molar-refractivity contribution is 5.79. The lowest BCUT2D eigenvalue weighted by molar-refractivity contribution is -0.132. The summed E-state index contributed by atoms with van der Waals surface area (Å²) < 4.78 is 1.79. The van der Waals surface area contributed by atoms with Crippen molar-refractivity contribution in [1.29, 1.82) is 0 Å². The predicted octanol–water partition coefficient (Wildman–Crippen LogP) is 2.74. The highest BCUT2D eigenvalue weighted by atomic mass is 16.2. The minimum Gasteiger partial charge on any atom is -0.367 e. The molecule has 1 saturated heterocycles. The second-order valence-electron chi connectivity index (χ2n) is 7.80. The molecule has 31 heavy (non-hydrogen) atoms. The molecule has 8 nitrogen and oxygen atoms in total. The van der Waals surface area contributed by atoms with E-state index in [0.29, 0.717) is 25.6 Å². The van der Waals surface area contributed by atoms with Crippen molar-refractivity contribution in [2.45, 2.75) is 27.3 Å². The molecule has 3 aromatic rings. The zero-order valence-electron chi connectivity index (χ0n) is 18.4. The summed E-state index contributed by atoms with van der Waals surface area (Å²) in [5.41, 5.74) is 5.19. The van der Waals surface area contributed by atoms with E-state index in [2.05, 4.69) is 37.4 Å². The lowest BCUT2D eigenvalue weighted by Crippen LogP contribution is -2.49. The number of piperazine rings is 1. The van der Waals surface area contributed by atoms with Crippen molar-refractivity contribution in [3.05, 3.63) is 54.1 Å². The van der Waals surface area contributed by atoms with Gasteiger partial charge in [0.25, 0.3) is 0 Å². The van der Waals surface area contributed by atoms with Crippen LogP contribution in [0.2, 0.25) is 0 Å². The zero-order valence-corrected chi connectivity index (χ0v) is 18.4. The van der Waals surface area contributed by atoms with E-state index in [1.807, 2.05) is 56.3 Å². The van der Waals surface area contributed by atoms with Gasteiger partial charge in [-0.25, -0.2) is 9.97 Å². The number of rotatable bonds is 6. The third kappa shape index (κ3) is 4.68. The average molecular weight is 420 g/mol. The molecule has 1 N–H and O–H groups in total. The number of carbonyl (C=O) groups is 1. The summed E-state index contributed by atoms with van der Waals surface area (Å²) >= 11 is 0. The molecule has 0 spiro atoms. The Morgan fingerprint density at radius 3 is 2.42 bits per heavy atom. The number of amides is 1. The fraction of sp³-hybridized carbons (Fsp3) is 0.391. The van der Waals surface area contributed by atoms with Crippen LogP contribution in [0.5, 0.6) is 0 Å². The van der Waals surface area contributed by atoms with Gasteiger partial charge in [0, 0.05) is 67.6 Å². The molecular weight excluding hydrogens is 390 g/mol. The first kappa shape index (κ1) is 20.8. The van der Waals surface area contributed by atoms with Crippen LogP contribution in [-0.2, 0) is 11.3 Å². The fourth-order valence-corrected chi connectivity index (χ4v) is 3.97. The lowest BCUT2D eigenvalue weighted by Gasteiger charge is -2.37. The molecular formula is C23H29N7O. The minimum absolute atomic E-state index is 0.117.